The maximum absolute atomic E-state index is 11.4. The van der Waals surface area contributed by atoms with Gasteiger partial charge in [-0.25, -0.2) is 8.42 Å². The number of sulfone groups is 1. The fraction of sp³-hybridized carbons (Fsp3) is 0.200. The summed E-state index contributed by atoms with van der Waals surface area (Å²) < 4.78 is 22.9. The van der Waals surface area contributed by atoms with Crippen LogP contribution in [0.15, 0.2) is 53.4 Å². The second-order valence-electron chi connectivity index (χ2n) is 4.85. The van der Waals surface area contributed by atoms with Crippen molar-refractivity contribution in [2.75, 3.05) is 6.26 Å². The van der Waals surface area contributed by atoms with Crippen molar-refractivity contribution in [3.63, 3.8) is 0 Å². The summed E-state index contributed by atoms with van der Waals surface area (Å²) in [5.74, 6) is 0. The Labute approximate surface area is 113 Å². The number of rotatable bonds is 2. The molecule has 0 aliphatic carbocycles. The molecule has 4 heteroatoms. The molecule has 1 aliphatic rings. The van der Waals surface area contributed by atoms with E-state index in [2.05, 4.69) is 17.4 Å². The van der Waals surface area contributed by atoms with Gasteiger partial charge in [0.15, 0.2) is 9.84 Å². The molecule has 0 saturated carbocycles. The van der Waals surface area contributed by atoms with Gasteiger partial charge in [-0.2, -0.15) is 0 Å². The second-order valence-corrected chi connectivity index (χ2v) is 6.87. The summed E-state index contributed by atoms with van der Waals surface area (Å²) in [6.45, 7) is 0.856. The first kappa shape index (κ1) is 12.4. The molecule has 0 amide bonds. The van der Waals surface area contributed by atoms with E-state index in [1.807, 2.05) is 24.3 Å². The van der Waals surface area contributed by atoms with Crippen LogP contribution in [0.4, 0.5) is 0 Å². The van der Waals surface area contributed by atoms with Crippen molar-refractivity contribution in [1.29, 1.82) is 0 Å². The smallest absolute Gasteiger partial charge is 0.175 e. The van der Waals surface area contributed by atoms with E-state index in [4.69, 9.17) is 0 Å². The third kappa shape index (κ3) is 2.29. The van der Waals surface area contributed by atoms with E-state index in [-0.39, 0.29) is 6.04 Å². The Hall–Kier alpha value is -1.65. The zero-order chi connectivity index (χ0) is 13.5. The summed E-state index contributed by atoms with van der Waals surface area (Å²) in [6.07, 6.45) is 1.23. The average molecular weight is 273 g/mol. The van der Waals surface area contributed by atoms with E-state index in [1.165, 1.54) is 17.4 Å². The molecule has 1 atom stereocenters. The Morgan fingerprint density at radius 1 is 1.05 bits per heavy atom. The molecule has 0 spiro atoms. The molecule has 19 heavy (non-hydrogen) atoms. The Balaban J connectivity index is 1.97. The highest BCUT2D eigenvalue weighted by molar-refractivity contribution is 7.90. The van der Waals surface area contributed by atoms with Crippen molar-refractivity contribution in [3.8, 4) is 0 Å². The first-order valence-electron chi connectivity index (χ1n) is 6.17. The van der Waals surface area contributed by atoms with Crippen LogP contribution in [0.3, 0.4) is 0 Å². The standard InChI is InChI=1S/C15H15NO2S/c1-19(17,18)13-8-6-11(7-9-13)15-14-5-3-2-4-12(14)10-16-15/h2-9,15-16H,10H2,1H3. The molecule has 0 aromatic heterocycles. The number of nitrogens with one attached hydrogen (secondary N) is 1. The van der Waals surface area contributed by atoms with E-state index in [0.29, 0.717) is 4.90 Å². The third-order valence-electron chi connectivity index (χ3n) is 3.50. The maximum atomic E-state index is 11.4. The highest BCUT2D eigenvalue weighted by Crippen LogP contribution is 2.30. The van der Waals surface area contributed by atoms with Crippen molar-refractivity contribution in [1.82, 2.24) is 5.32 Å². The van der Waals surface area contributed by atoms with Gasteiger partial charge in [-0.05, 0) is 28.8 Å². The molecule has 2 aromatic rings. The van der Waals surface area contributed by atoms with Crippen LogP contribution in [-0.2, 0) is 16.4 Å². The van der Waals surface area contributed by atoms with Crippen LogP contribution in [-0.4, -0.2) is 14.7 Å². The maximum Gasteiger partial charge on any atom is 0.175 e. The van der Waals surface area contributed by atoms with Crippen molar-refractivity contribution >= 4 is 9.84 Å². The van der Waals surface area contributed by atoms with Gasteiger partial charge in [-0.3, -0.25) is 0 Å². The summed E-state index contributed by atoms with van der Waals surface area (Å²) >= 11 is 0. The number of fused-ring (bicyclic) bond motifs is 1. The van der Waals surface area contributed by atoms with Crippen LogP contribution in [0.2, 0.25) is 0 Å². The Bertz CT molecular complexity index is 705. The van der Waals surface area contributed by atoms with E-state index >= 15 is 0 Å². The first-order valence-corrected chi connectivity index (χ1v) is 8.06. The van der Waals surface area contributed by atoms with Crippen LogP contribution < -0.4 is 5.32 Å². The number of benzene rings is 2. The molecule has 3 rings (SSSR count). The predicted octanol–water partition coefficient (Wildman–Crippen LogP) is 2.28. The van der Waals surface area contributed by atoms with Crippen molar-refractivity contribution in [2.24, 2.45) is 0 Å². The highest BCUT2D eigenvalue weighted by atomic mass is 32.2. The van der Waals surface area contributed by atoms with Crippen molar-refractivity contribution < 1.29 is 8.42 Å². The minimum absolute atomic E-state index is 0.157. The van der Waals surface area contributed by atoms with Crippen LogP contribution in [0.1, 0.15) is 22.7 Å². The SMILES string of the molecule is CS(=O)(=O)c1ccc(C2NCc3ccccc32)cc1. The molecule has 0 fully saturated rings. The van der Waals surface area contributed by atoms with Gasteiger partial charge in [0.1, 0.15) is 0 Å². The largest absolute Gasteiger partial charge is 0.302 e. The molecular formula is C15H15NO2S. The van der Waals surface area contributed by atoms with Gasteiger partial charge < -0.3 is 5.32 Å². The zero-order valence-electron chi connectivity index (χ0n) is 10.6. The minimum Gasteiger partial charge on any atom is -0.302 e. The van der Waals surface area contributed by atoms with Crippen LogP contribution in [0.5, 0.6) is 0 Å². The Morgan fingerprint density at radius 3 is 2.42 bits per heavy atom. The van der Waals surface area contributed by atoms with E-state index < -0.39 is 9.84 Å². The lowest BCUT2D eigenvalue weighted by molar-refractivity contribution is 0.601. The van der Waals surface area contributed by atoms with Gasteiger partial charge in [-0.1, -0.05) is 36.4 Å². The summed E-state index contributed by atoms with van der Waals surface area (Å²) in [4.78, 5) is 0.363. The summed E-state index contributed by atoms with van der Waals surface area (Å²) in [5, 5.41) is 3.45. The molecule has 2 aromatic carbocycles. The molecular weight excluding hydrogens is 258 g/mol. The Morgan fingerprint density at radius 2 is 1.74 bits per heavy atom. The summed E-state index contributed by atoms with van der Waals surface area (Å²) in [5.41, 5.74) is 3.67. The van der Waals surface area contributed by atoms with Gasteiger partial charge in [0.25, 0.3) is 0 Å². The van der Waals surface area contributed by atoms with Crippen LogP contribution in [0.25, 0.3) is 0 Å². The molecule has 0 saturated heterocycles. The molecule has 1 N–H and O–H groups in total. The zero-order valence-corrected chi connectivity index (χ0v) is 11.4. The van der Waals surface area contributed by atoms with Crippen LogP contribution >= 0.6 is 0 Å². The third-order valence-corrected chi connectivity index (χ3v) is 4.63. The van der Waals surface area contributed by atoms with Gasteiger partial charge >= 0.3 is 0 Å². The fourth-order valence-corrected chi connectivity index (χ4v) is 3.13. The topological polar surface area (TPSA) is 46.2 Å². The van der Waals surface area contributed by atoms with Gasteiger partial charge in [-0.15, -0.1) is 0 Å². The fourth-order valence-electron chi connectivity index (χ4n) is 2.50. The lowest BCUT2D eigenvalue weighted by Crippen LogP contribution is -2.13. The van der Waals surface area contributed by atoms with Gasteiger partial charge in [0.2, 0.25) is 0 Å². The minimum atomic E-state index is -3.12. The number of hydrogen-bond donors (Lipinski definition) is 1. The van der Waals surface area contributed by atoms with Gasteiger partial charge in [0.05, 0.1) is 10.9 Å². The lowest BCUT2D eigenvalue weighted by Gasteiger charge is -2.13. The summed E-state index contributed by atoms with van der Waals surface area (Å²) in [7, 11) is -3.12. The van der Waals surface area contributed by atoms with E-state index in [0.717, 1.165) is 12.1 Å². The monoisotopic (exact) mass is 273 g/mol. The Kier molecular flexibility index (Phi) is 2.92. The molecule has 1 aliphatic heterocycles. The van der Waals surface area contributed by atoms with Crippen molar-refractivity contribution in [3.05, 3.63) is 65.2 Å². The van der Waals surface area contributed by atoms with E-state index in [1.54, 1.807) is 12.1 Å². The molecule has 0 bridgehead atoms. The molecule has 98 valence electrons. The molecule has 0 radical (unpaired) electrons. The van der Waals surface area contributed by atoms with Crippen molar-refractivity contribution in [2.45, 2.75) is 17.5 Å². The number of hydrogen-bond acceptors (Lipinski definition) is 3. The normalized spacial score (nSPS) is 18.3. The average Bonchev–Trinajstić information content (AvgIpc) is 2.82. The highest BCUT2D eigenvalue weighted by Gasteiger charge is 2.22. The molecule has 3 nitrogen and oxygen atoms in total. The quantitative estimate of drug-likeness (QED) is 0.913. The molecule has 1 unspecified atom stereocenters. The second kappa shape index (κ2) is 4.47. The predicted molar refractivity (Wildman–Crippen MR) is 74.7 cm³/mol. The first-order chi connectivity index (χ1) is 9.05. The van der Waals surface area contributed by atoms with E-state index in [9.17, 15) is 8.42 Å². The summed E-state index contributed by atoms with van der Waals surface area (Å²) in [6, 6.07) is 15.6. The van der Waals surface area contributed by atoms with Crippen LogP contribution in [0, 0.1) is 0 Å². The van der Waals surface area contributed by atoms with Gasteiger partial charge in [0, 0.05) is 12.8 Å². The lowest BCUT2D eigenvalue weighted by atomic mass is 9.99. The molecule has 1 heterocycles.